The van der Waals surface area contributed by atoms with Gasteiger partial charge in [0.2, 0.25) is 5.91 Å². The van der Waals surface area contributed by atoms with Gasteiger partial charge in [0.05, 0.1) is 22.8 Å². The molecule has 3 aromatic rings. The Morgan fingerprint density at radius 3 is 2.64 bits per heavy atom. The molecule has 0 atom stereocenters. The van der Waals surface area contributed by atoms with Crippen LogP contribution in [-0.4, -0.2) is 34.7 Å². The molecule has 0 saturated heterocycles. The van der Waals surface area contributed by atoms with Gasteiger partial charge >= 0.3 is 0 Å². The molecule has 25 heavy (non-hydrogen) atoms. The number of amides is 2. The van der Waals surface area contributed by atoms with Crippen molar-refractivity contribution in [2.45, 2.75) is 13.8 Å². The van der Waals surface area contributed by atoms with Crippen molar-refractivity contribution < 1.29 is 14.0 Å². The van der Waals surface area contributed by atoms with Crippen molar-refractivity contribution in [3.63, 3.8) is 0 Å². The number of aromatic nitrogens is 2. The summed E-state index contributed by atoms with van der Waals surface area (Å²) in [5.74, 6) is -0.858. The molecular formula is C17H17FN4O2S. The van der Waals surface area contributed by atoms with E-state index in [0.29, 0.717) is 11.4 Å². The lowest BCUT2D eigenvalue weighted by atomic mass is 10.3. The highest BCUT2D eigenvalue weighted by Crippen LogP contribution is 2.30. The molecule has 2 aromatic heterocycles. The smallest absolute Gasteiger partial charge is 0.261 e. The Balaban J connectivity index is 1.87. The van der Waals surface area contributed by atoms with Crippen LogP contribution in [0.15, 0.2) is 30.3 Å². The van der Waals surface area contributed by atoms with Crippen LogP contribution >= 0.6 is 11.3 Å². The van der Waals surface area contributed by atoms with Gasteiger partial charge in [0.15, 0.2) is 0 Å². The first-order chi connectivity index (χ1) is 12.0. The predicted octanol–water partition coefficient (Wildman–Crippen LogP) is 2.40. The molecule has 0 spiro atoms. The number of carbonyl (C=O) groups is 2. The number of halogens is 1. The number of carbonyl (C=O) groups excluding carboxylic acids is 2. The zero-order chi connectivity index (χ0) is 18.0. The fourth-order valence-electron chi connectivity index (χ4n) is 2.42. The van der Waals surface area contributed by atoms with Gasteiger partial charge in [-0.1, -0.05) is 0 Å². The van der Waals surface area contributed by atoms with Gasteiger partial charge in [-0.3, -0.25) is 9.59 Å². The molecule has 130 valence electrons. The highest BCUT2D eigenvalue weighted by Gasteiger charge is 2.17. The SMILES string of the molecule is CCNC(=O)CNC(=O)c1cc2c(C)nn(-c3ccc(F)cc3)c2s1. The van der Waals surface area contributed by atoms with E-state index in [4.69, 9.17) is 0 Å². The lowest BCUT2D eigenvalue weighted by molar-refractivity contribution is -0.120. The fraction of sp³-hybridized carbons (Fsp3) is 0.235. The standard InChI is InChI=1S/C17H17FN4O2S/c1-3-19-15(23)9-20-16(24)14-8-13-10(2)21-22(17(13)25-14)12-6-4-11(18)5-7-12/h4-8H,3,9H2,1-2H3,(H,19,23)(H,20,24). The van der Waals surface area contributed by atoms with Gasteiger partial charge in [-0.05, 0) is 44.2 Å². The van der Waals surface area contributed by atoms with Gasteiger partial charge < -0.3 is 10.6 Å². The second-order valence-corrected chi connectivity index (χ2v) is 6.47. The summed E-state index contributed by atoms with van der Waals surface area (Å²) in [5, 5.41) is 10.5. The fourth-order valence-corrected chi connectivity index (χ4v) is 3.52. The second kappa shape index (κ2) is 7.02. The zero-order valence-corrected chi connectivity index (χ0v) is 14.6. The number of likely N-dealkylation sites (N-methyl/N-ethyl adjacent to an activating group) is 1. The maximum absolute atomic E-state index is 13.1. The van der Waals surface area contributed by atoms with Crippen molar-refractivity contribution >= 4 is 33.4 Å². The summed E-state index contributed by atoms with van der Waals surface area (Å²) < 4.78 is 14.8. The number of rotatable bonds is 5. The molecule has 0 saturated carbocycles. The minimum absolute atomic E-state index is 0.0655. The molecule has 8 heteroatoms. The van der Waals surface area contributed by atoms with Crippen molar-refractivity contribution in [1.82, 2.24) is 20.4 Å². The lowest BCUT2D eigenvalue weighted by Crippen LogP contribution is -2.36. The van der Waals surface area contributed by atoms with E-state index < -0.39 is 0 Å². The number of thiophene rings is 1. The Kier molecular flexibility index (Phi) is 4.80. The van der Waals surface area contributed by atoms with Crippen LogP contribution in [0.25, 0.3) is 15.9 Å². The molecule has 2 N–H and O–H groups in total. The van der Waals surface area contributed by atoms with Gasteiger partial charge in [-0.2, -0.15) is 5.10 Å². The maximum atomic E-state index is 13.1. The Morgan fingerprint density at radius 1 is 1.24 bits per heavy atom. The molecule has 0 bridgehead atoms. The summed E-state index contributed by atoms with van der Waals surface area (Å²) in [4.78, 5) is 25.0. The molecule has 0 aliphatic carbocycles. The summed E-state index contributed by atoms with van der Waals surface area (Å²) in [6.07, 6.45) is 0. The molecular weight excluding hydrogens is 343 g/mol. The Morgan fingerprint density at radius 2 is 1.96 bits per heavy atom. The Hall–Kier alpha value is -2.74. The summed E-state index contributed by atoms with van der Waals surface area (Å²) >= 11 is 1.28. The number of hydrogen-bond acceptors (Lipinski definition) is 4. The average Bonchev–Trinajstić information content (AvgIpc) is 3.15. The summed E-state index contributed by atoms with van der Waals surface area (Å²) in [6.45, 7) is 4.12. The van der Waals surface area contributed by atoms with Gasteiger partial charge in [0.25, 0.3) is 5.91 Å². The largest absolute Gasteiger partial charge is 0.355 e. The lowest BCUT2D eigenvalue weighted by Gasteiger charge is -2.04. The van der Waals surface area contributed by atoms with Crippen molar-refractivity contribution in [1.29, 1.82) is 0 Å². The number of nitrogens with zero attached hydrogens (tertiary/aromatic N) is 2. The van der Waals surface area contributed by atoms with Crippen LogP contribution in [0.1, 0.15) is 22.3 Å². The van der Waals surface area contributed by atoms with Gasteiger partial charge in [-0.25, -0.2) is 9.07 Å². The molecule has 0 radical (unpaired) electrons. The quantitative estimate of drug-likeness (QED) is 0.734. The number of nitrogens with one attached hydrogen (secondary N) is 2. The summed E-state index contributed by atoms with van der Waals surface area (Å²) in [6, 6.07) is 7.76. The predicted molar refractivity (Wildman–Crippen MR) is 94.7 cm³/mol. The molecule has 3 rings (SSSR count). The minimum atomic E-state index is -0.319. The molecule has 2 amide bonds. The van der Waals surface area contributed by atoms with E-state index >= 15 is 0 Å². The molecule has 0 unspecified atom stereocenters. The molecule has 2 heterocycles. The first-order valence-corrected chi connectivity index (χ1v) is 8.61. The van der Waals surface area contributed by atoms with Crippen LogP contribution in [0.2, 0.25) is 0 Å². The number of aryl methyl sites for hydroxylation is 1. The van der Waals surface area contributed by atoms with Crippen LogP contribution in [0.4, 0.5) is 4.39 Å². The van der Waals surface area contributed by atoms with Crippen molar-refractivity contribution in [3.05, 3.63) is 46.7 Å². The van der Waals surface area contributed by atoms with Crippen LogP contribution in [0.5, 0.6) is 0 Å². The third kappa shape index (κ3) is 3.53. The monoisotopic (exact) mass is 360 g/mol. The Labute approximate surface area is 147 Å². The summed E-state index contributed by atoms with van der Waals surface area (Å²) in [5.41, 5.74) is 1.49. The molecule has 0 aliphatic heterocycles. The van der Waals surface area contributed by atoms with E-state index in [1.807, 2.05) is 13.8 Å². The van der Waals surface area contributed by atoms with E-state index in [1.165, 1.54) is 23.5 Å². The van der Waals surface area contributed by atoms with E-state index in [9.17, 15) is 14.0 Å². The van der Waals surface area contributed by atoms with E-state index in [2.05, 4.69) is 15.7 Å². The second-order valence-electron chi connectivity index (χ2n) is 5.44. The van der Waals surface area contributed by atoms with Crippen LogP contribution in [0.3, 0.4) is 0 Å². The van der Waals surface area contributed by atoms with Crippen LogP contribution < -0.4 is 10.6 Å². The minimum Gasteiger partial charge on any atom is -0.355 e. The van der Waals surface area contributed by atoms with Gasteiger partial charge in [0.1, 0.15) is 10.6 Å². The van der Waals surface area contributed by atoms with E-state index in [-0.39, 0.29) is 24.2 Å². The maximum Gasteiger partial charge on any atom is 0.261 e. The van der Waals surface area contributed by atoms with Gasteiger partial charge in [0, 0.05) is 11.9 Å². The number of hydrogen-bond donors (Lipinski definition) is 2. The average molecular weight is 360 g/mol. The van der Waals surface area contributed by atoms with E-state index in [0.717, 1.165) is 21.6 Å². The molecule has 0 fully saturated rings. The first-order valence-electron chi connectivity index (χ1n) is 7.79. The molecule has 1 aromatic carbocycles. The summed E-state index contributed by atoms with van der Waals surface area (Å²) in [7, 11) is 0. The highest BCUT2D eigenvalue weighted by atomic mass is 32.1. The topological polar surface area (TPSA) is 76.0 Å². The van der Waals surface area contributed by atoms with Crippen LogP contribution in [-0.2, 0) is 4.79 Å². The molecule has 6 nitrogen and oxygen atoms in total. The molecule has 0 aliphatic rings. The zero-order valence-electron chi connectivity index (χ0n) is 13.8. The Bertz CT molecular complexity index is 930. The third-order valence-corrected chi connectivity index (χ3v) is 4.73. The first kappa shape index (κ1) is 17.1. The van der Waals surface area contributed by atoms with Crippen molar-refractivity contribution in [3.8, 4) is 5.69 Å². The van der Waals surface area contributed by atoms with Gasteiger partial charge in [-0.15, -0.1) is 11.3 Å². The van der Waals surface area contributed by atoms with Crippen molar-refractivity contribution in [2.24, 2.45) is 0 Å². The number of benzene rings is 1. The van der Waals surface area contributed by atoms with Crippen molar-refractivity contribution in [2.75, 3.05) is 13.1 Å². The third-order valence-electron chi connectivity index (χ3n) is 3.62. The van der Waals surface area contributed by atoms with Crippen LogP contribution in [0, 0.1) is 12.7 Å². The highest BCUT2D eigenvalue weighted by molar-refractivity contribution is 7.20. The normalized spacial score (nSPS) is 10.8. The number of fused-ring (bicyclic) bond motifs is 1. The van der Waals surface area contributed by atoms with E-state index in [1.54, 1.807) is 22.9 Å².